The van der Waals surface area contributed by atoms with E-state index in [4.69, 9.17) is 14.4 Å². The van der Waals surface area contributed by atoms with Gasteiger partial charge >= 0.3 is 5.97 Å². The van der Waals surface area contributed by atoms with E-state index < -0.39 is 5.97 Å². The van der Waals surface area contributed by atoms with Crippen molar-refractivity contribution in [2.75, 3.05) is 20.7 Å². The number of esters is 1. The maximum absolute atomic E-state index is 12.7. The van der Waals surface area contributed by atoms with Crippen molar-refractivity contribution in [1.29, 1.82) is 0 Å². The Balaban J connectivity index is 1.62. The molecule has 0 radical (unpaired) electrons. The fourth-order valence-corrected chi connectivity index (χ4v) is 4.91. The predicted molar refractivity (Wildman–Crippen MR) is 125 cm³/mol. The van der Waals surface area contributed by atoms with E-state index >= 15 is 0 Å². The second-order valence-electron chi connectivity index (χ2n) is 7.90. The minimum atomic E-state index is -0.408. The molecule has 3 heterocycles. The maximum Gasteiger partial charge on any atom is 0.359 e. The van der Waals surface area contributed by atoms with Gasteiger partial charge in [-0.05, 0) is 45.3 Å². The molecule has 2 aromatic carbocycles. The molecule has 0 saturated carbocycles. The highest BCUT2D eigenvalue weighted by Gasteiger charge is 2.30. The topological polar surface area (TPSA) is 86.3 Å². The minimum Gasteiger partial charge on any atom is -0.461 e. The molecule has 0 bridgehead atoms. The molecular weight excluding hydrogens is 438 g/mol. The number of hydrogen-bond acceptors (Lipinski definition) is 8. The molecule has 2 aromatic heterocycles. The number of nitrogens with zero attached hydrogens (tertiary/aromatic N) is 5. The second kappa shape index (κ2) is 8.84. The lowest BCUT2D eigenvalue weighted by atomic mass is 10.1. The Morgan fingerprint density at radius 3 is 2.88 bits per heavy atom. The lowest BCUT2D eigenvalue weighted by molar-refractivity contribution is 0.0518. The van der Waals surface area contributed by atoms with Crippen LogP contribution in [0.4, 0.5) is 0 Å². The van der Waals surface area contributed by atoms with E-state index in [-0.39, 0.29) is 0 Å². The van der Waals surface area contributed by atoms with Crippen molar-refractivity contribution in [3.63, 3.8) is 0 Å². The summed E-state index contributed by atoms with van der Waals surface area (Å²) >= 11 is 1.70. The molecule has 4 aromatic rings. The summed E-state index contributed by atoms with van der Waals surface area (Å²) in [5, 5.41) is 8.78. The summed E-state index contributed by atoms with van der Waals surface area (Å²) in [5.74, 6) is 1.30. The summed E-state index contributed by atoms with van der Waals surface area (Å²) < 4.78 is 12.6. The third-order valence-corrected chi connectivity index (χ3v) is 6.33. The number of carbonyl (C=O) groups excluding carboxylic acids is 1. The lowest BCUT2D eigenvalue weighted by Gasteiger charge is -2.18. The Morgan fingerprint density at radius 2 is 2.06 bits per heavy atom. The minimum absolute atomic E-state index is 0.298. The van der Waals surface area contributed by atoms with Crippen LogP contribution in [0.3, 0.4) is 0 Å². The molecule has 9 heteroatoms. The zero-order valence-electron chi connectivity index (χ0n) is 18.6. The molecule has 0 aliphatic carbocycles. The largest absolute Gasteiger partial charge is 0.461 e. The standard InChI is InChI=1S/C24H23N5O3S/c1-4-31-24(30)21-18-14-33-19-11-6-5-10-17(19)22(18)29(26-21)16-9-7-8-15(12-16)23-25-20(27-32-23)13-28(2)3/h5-12H,4,13-14H2,1-3H3. The van der Waals surface area contributed by atoms with Gasteiger partial charge in [-0.25, -0.2) is 9.48 Å². The molecule has 1 aliphatic heterocycles. The van der Waals surface area contributed by atoms with Gasteiger partial charge < -0.3 is 14.2 Å². The summed E-state index contributed by atoms with van der Waals surface area (Å²) in [5.41, 5.74) is 4.77. The highest BCUT2D eigenvalue weighted by molar-refractivity contribution is 7.98. The number of ether oxygens (including phenoxy) is 1. The quantitative estimate of drug-likeness (QED) is 0.390. The van der Waals surface area contributed by atoms with Gasteiger partial charge in [-0.1, -0.05) is 29.4 Å². The van der Waals surface area contributed by atoms with E-state index in [1.54, 1.807) is 18.7 Å². The third kappa shape index (κ3) is 4.05. The highest BCUT2D eigenvalue weighted by atomic mass is 32.2. The molecule has 0 unspecified atom stereocenters. The monoisotopic (exact) mass is 461 g/mol. The molecule has 0 N–H and O–H groups in total. The van der Waals surface area contributed by atoms with Gasteiger partial charge in [0.25, 0.3) is 5.89 Å². The summed E-state index contributed by atoms with van der Waals surface area (Å²) in [6.45, 7) is 2.68. The number of thioether (sulfide) groups is 1. The van der Waals surface area contributed by atoms with Crippen LogP contribution in [-0.2, 0) is 17.0 Å². The first-order chi connectivity index (χ1) is 16.0. The zero-order chi connectivity index (χ0) is 22.9. The Hall–Kier alpha value is -3.43. The van der Waals surface area contributed by atoms with Crippen molar-refractivity contribution in [2.45, 2.75) is 24.1 Å². The van der Waals surface area contributed by atoms with Gasteiger partial charge in [0, 0.05) is 27.3 Å². The molecule has 168 valence electrons. The van der Waals surface area contributed by atoms with Crippen molar-refractivity contribution >= 4 is 17.7 Å². The van der Waals surface area contributed by atoms with Crippen molar-refractivity contribution in [2.24, 2.45) is 0 Å². The first-order valence-corrected chi connectivity index (χ1v) is 11.6. The van der Waals surface area contributed by atoms with Crippen LogP contribution in [0.25, 0.3) is 28.4 Å². The number of fused-ring (bicyclic) bond motifs is 3. The van der Waals surface area contributed by atoms with Crippen LogP contribution in [0.5, 0.6) is 0 Å². The summed E-state index contributed by atoms with van der Waals surface area (Å²) in [7, 11) is 3.91. The number of rotatable bonds is 6. The van der Waals surface area contributed by atoms with Crippen LogP contribution >= 0.6 is 11.8 Å². The molecule has 0 amide bonds. The molecule has 0 spiro atoms. The van der Waals surface area contributed by atoms with E-state index in [2.05, 4.69) is 22.3 Å². The third-order valence-electron chi connectivity index (χ3n) is 5.23. The van der Waals surface area contributed by atoms with Crippen LogP contribution in [0.15, 0.2) is 57.9 Å². The van der Waals surface area contributed by atoms with E-state index in [1.807, 2.05) is 60.1 Å². The average molecular weight is 462 g/mol. The summed E-state index contributed by atoms with van der Waals surface area (Å²) in [6, 6.07) is 15.9. The summed E-state index contributed by atoms with van der Waals surface area (Å²) in [6.07, 6.45) is 0. The fourth-order valence-electron chi connectivity index (χ4n) is 3.84. The first kappa shape index (κ1) is 21.4. The second-order valence-corrected chi connectivity index (χ2v) is 8.91. The predicted octanol–water partition coefficient (Wildman–Crippen LogP) is 4.43. The van der Waals surface area contributed by atoms with Crippen molar-refractivity contribution < 1.29 is 14.1 Å². The van der Waals surface area contributed by atoms with Gasteiger partial charge in [0.15, 0.2) is 11.5 Å². The molecule has 33 heavy (non-hydrogen) atoms. The SMILES string of the molecule is CCOC(=O)c1nn(-c2cccc(-c3nc(CN(C)C)no3)c2)c2c1CSc1ccccc1-2. The fraction of sp³-hybridized carbons (Fsp3) is 0.250. The van der Waals surface area contributed by atoms with Crippen LogP contribution in [0.1, 0.15) is 28.8 Å². The Morgan fingerprint density at radius 1 is 1.21 bits per heavy atom. The van der Waals surface area contributed by atoms with Crippen molar-refractivity contribution in [3.8, 4) is 28.4 Å². The number of hydrogen-bond donors (Lipinski definition) is 0. The Bertz CT molecular complexity index is 1330. The molecular formula is C24H23N5O3S. The van der Waals surface area contributed by atoms with Crippen LogP contribution < -0.4 is 0 Å². The summed E-state index contributed by atoms with van der Waals surface area (Å²) in [4.78, 5) is 20.4. The normalized spacial score (nSPS) is 12.5. The van der Waals surface area contributed by atoms with Crippen molar-refractivity contribution in [3.05, 3.63) is 65.6 Å². The van der Waals surface area contributed by atoms with E-state index in [0.717, 1.165) is 33.0 Å². The number of aromatic nitrogens is 4. The Labute approximate surface area is 195 Å². The molecule has 0 saturated heterocycles. The van der Waals surface area contributed by atoms with Gasteiger partial charge in [0.05, 0.1) is 24.5 Å². The van der Waals surface area contributed by atoms with Gasteiger partial charge in [0.1, 0.15) is 0 Å². The molecule has 0 atom stereocenters. The van der Waals surface area contributed by atoms with Gasteiger partial charge in [-0.15, -0.1) is 11.8 Å². The van der Waals surface area contributed by atoms with E-state index in [9.17, 15) is 4.79 Å². The van der Waals surface area contributed by atoms with Gasteiger partial charge in [0.2, 0.25) is 0 Å². The van der Waals surface area contributed by atoms with Crippen LogP contribution in [0, 0.1) is 0 Å². The van der Waals surface area contributed by atoms with E-state index in [0.29, 0.717) is 36.3 Å². The smallest absolute Gasteiger partial charge is 0.359 e. The molecule has 8 nitrogen and oxygen atoms in total. The lowest BCUT2D eigenvalue weighted by Crippen LogP contribution is -2.11. The van der Waals surface area contributed by atoms with Gasteiger partial charge in [-0.3, -0.25) is 0 Å². The van der Waals surface area contributed by atoms with Crippen LogP contribution in [-0.4, -0.2) is 51.5 Å². The zero-order valence-corrected chi connectivity index (χ0v) is 19.4. The first-order valence-electron chi connectivity index (χ1n) is 10.6. The number of carbonyl (C=O) groups is 1. The molecule has 5 rings (SSSR count). The van der Waals surface area contributed by atoms with Crippen LogP contribution in [0.2, 0.25) is 0 Å². The molecule has 0 fully saturated rings. The number of benzene rings is 2. The maximum atomic E-state index is 12.7. The van der Waals surface area contributed by atoms with E-state index in [1.165, 1.54) is 0 Å². The Kier molecular flexibility index (Phi) is 5.74. The van der Waals surface area contributed by atoms with Crippen molar-refractivity contribution in [1.82, 2.24) is 24.8 Å². The highest BCUT2D eigenvalue weighted by Crippen LogP contribution is 2.43. The van der Waals surface area contributed by atoms with Gasteiger partial charge in [-0.2, -0.15) is 10.1 Å². The molecule has 1 aliphatic rings. The average Bonchev–Trinajstić information content (AvgIpc) is 3.44.